The van der Waals surface area contributed by atoms with Crippen molar-refractivity contribution in [2.75, 3.05) is 18.4 Å². The van der Waals surface area contributed by atoms with Crippen LogP contribution in [0, 0.1) is 5.92 Å². The van der Waals surface area contributed by atoms with Crippen molar-refractivity contribution in [1.29, 1.82) is 0 Å². The van der Waals surface area contributed by atoms with Gasteiger partial charge in [-0.1, -0.05) is 19.3 Å². The molecule has 0 aromatic heterocycles. The summed E-state index contributed by atoms with van der Waals surface area (Å²) in [6, 6.07) is 4.87. The van der Waals surface area contributed by atoms with Gasteiger partial charge in [0, 0.05) is 18.8 Å². The first-order valence-corrected chi connectivity index (χ1v) is 11.3. The summed E-state index contributed by atoms with van der Waals surface area (Å²) >= 11 is 0. The van der Waals surface area contributed by atoms with Gasteiger partial charge >= 0.3 is 6.36 Å². The summed E-state index contributed by atoms with van der Waals surface area (Å²) in [4.78, 5) is 12.6. The molecule has 6 nitrogen and oxygen atoms in total. The van der Waals surface area contributed by atoms with Crippen molar-refractivity contribution in [2.24, 2.45) is 5.92 Å². The second-order valence-corrected chi connectivity index (χ2v) is 9.78. The van der Waals surface area contributed by atoms with E-state index in [1.54, 1.807) is 0 Å². The normalized spacial score (nSPS) is 22.2. The number of carbonyl (C=O) groups is 1. The van der Waals surface area contributed by atoms with Crippen LogP contribution in [0.5, 0.6) is 5.75 Å². The number of rotatable bonds is 5. The van der Waals surface area contributed by atoms with Crippen LogP contribution >= 0.6 is 0 Å². The minimum absolute atomic E-state index is 0.139. The molecule has 1 aliphatic heterocycles. The molecule has 162 valence electrons. The Bertz CT molecular complexity index is 806. The van der Waals surface area contributed by atoms with Crippen LogP contribution in [0.15, 0.2) is 24.3 Å². The van der Waals surface area contributed by atoms with Gasteiger partial charge in [0.2, 0.25) is 15.9 Å². The number of anilines is 1. The molecule has 0 bridgehead atoms. The number of nitrogens with zero attached hydrogens (tertiary/aromatic N) is 1. The predicted octanol–water partition coefficient (Wildman–Crippen LogP) is 3.90. The van der Waals surface area contributed by atoms with Crippen molar-refractivity contribution >= 4 is 21.6 Å². The van der Waals surface area contributed by atoms with E-state index in [1.165, 1.54) is 16.4 Å². The van der Waals surface area contributed by atoms with Crippen LogP contribution in [0.25, 0.3) is 0 Å². The largest absolute Gasteiger partial charge is 0.573 e. The molecule has 1 N–H and O–H groups in total. The van der Waals surface area contributed by atoms with E-state index in [-0.39, 0.29) is 23.5 Å². The van der Waals surface area contributed by atoms with Crippen LogP contribution in [0.3, 0.4) is 0 Å². The molecule has 1 saturated heterocycles. The van der Waals surface area contributed by atoms with Gasteiger partial charge in [-0.3, -0.25) is 4.79 Å². The highest BCUT2D eigenvalue weighted by molar-refractivity contribution is 7.89. The Morgan fingerprint density at radius 3 is 2.31 bits per heavy atom. The lowest BCUT2D eigenvalue weighted by Gasteiger charge is -2.35. The summed E-state index contributed by atoms with van der Waals surface area (Å²) in [6.07, 6.45) is 0.611. The molecule has 1 atom stereocenters. The third kappa shape index (κ3) is 5.85. The number of nitrogens with one attached hydrogen (secondary N) is 1. The number of ether oxygens (including phenoxy) is 1. The predicted molar refractivity (Wildman–Crippen MR) is 102 cm³/mol. The number of halogens is 3. The molecular weight excluding hydrogens is 409 g/mol. The maximum Gasteiger partial charge on any atom is 0.573 e. The third-order valence-corrected chi connectivity index (χ3v) is 7.81. The molecule has 29 heavy (non-hydrogen) atoms. The van der Waals surface area contributed by atoms with E-state index < -0.39 is 22.3 Å². The summed E-state index contributed by atoms with van der Waals surface area (Å²) in [6.45, 7) is 0.562. The number of piperidine rings is 1. The highest BCUT2D eigenvalue weighted by atomic mass is 32.2. The number of hydrogen-bond acceptors (Lipinski definition) is 4. The summed E-state index contributed by atoms with van der Waals surface area (Å²) < 4.78 is 67.7. The van der Waals surface area contributed by atoms with E-state index in [9.17, 15) is 26.4 Å². The van der Waals surface area contributed by atoms with E-state index >= 15 is 0 Å². The molecule has 1 aromatic rings. The maximum absolute atomic E-state index is 12.9. The summed E-state index contributed by atoms with van der Waals surface area (Å²) in [5.41, 5.74) is 0.330. The second-order valence-electron chi connectivity index (χ2n) is 7.56. The van der Waals surface area contributed by atoms with Gasteiger partial charge in [0.05, 0.1) is 11.2 Å². The molecule has 2 aliphatic rings. The van der Waals surface area contributed by atoms with Crippen LogP contribution in [0.4, 0.5) is 18.9 Å². The number of hydrogen-bond donors (Lipinski definition) is 1. The Morgan fingerprint density at radius 2 is 1.69 bits per heavy atom. The van der Waals surface area contributed by atoms with Gasteiger partial charge in [-0.15, -0.1) is 13.2 Å². The van der Waals surface area contributed by atoms with Crippen molar-refractivity contribution in [3.63, 3.8) is 0 Å². The van der Waals surface area contributed by atoms with E-state index in [0.29, 0.717) is 37.9 Å². The fraction of sp³-hybridized carbons (Fsp3) is 0.632. The van der Waals surface area contributed by atoms with Gasteiger partial charge in [0.15, 0.2) is 0 Å². The SMILES string of the molecule is O=C(Nc1ccc(OC(F)(F)F)cc1)C1CCCN(S(=O)(=O)C2CCCCC2)C1. The number of sulfonamides is 1. The first kappa shape index (κ1) is 21.9. The molecule has 3 rings (SSSR count). The zero-order chi connectivity index (χ0) is 21.1. The summed E-state index contributed by atoms with van der Waals surface area (Å²) in [5, 5.41) is 2.29. The fourth-order valence-electron chi connectivity index (χ4n) is 3.95. The van der Waals surface area contributed by atoms with Crippen molar-refractivity contribution in [3.05, 3.63) is 24.3 Å². The average molecular weight is 434 g/mol. The monoisotopic (exact) mass is 434 g/mol. The standard InChI is InChI=1S/C19H25F3N2O4S/c20-19(21,22)28-16-10-8-15(9-11-16)23-18(25)14-5-4-12-24(13-14)29(26,27)17-6-2-1-3-7-17/h8-11,14,17H,1-7,12-13H2,(H,23,25). The Balaban J connectivity index is 1.59. The fourth-order valence-corrected chi connectivity index (χ4v) is 6.07. The smallest absolute Gasteiger partial charge is 0.406 e. The van der Waals surface area contributed by atoms with Gasteiger partial charge in [0.25, 0.3) is 0 Å². The molecule has 10 heteroatoms. The van der Waals surface area contributed by atoms with Gasteiger partial charge in [-0.25, -0.2) is 12.7 Å². The Kier molecular flexibility index (Phi) is 6.72. The van der Waals surface area contributed by atoms with E-state index in [1.807, 2.05) is 0 Å². The van der Waals surface area contributed by atoms with Crippen molar-refractivity contribution in [1.82, 2.24) is 4.31 Å². The quantitative estimate of drug-likeness (QED) is 0.763. The van der Waals surface area contributed by atoms with Crippen LogP contribution in [0.2, 0.25) is 0 Å². The van der Waals surface area contributed by atoms with Crippen LogP contribution < -0.4 is 10.1 Å². The highest BCUT2D eigenvalue weighted by Crippen LogP contribution is 2.30. The number of alkyl halides is 3. The lowest BCUT2D eigenvalue weighted by atomic mass is 9.98. The van der Waals surface area contributed by atoms with E-state index in [2.05, 4.69) is 10.1 Å². The Morgan fingerprint density at radius 1 is 1.03 bits per heavy atom. The van der Waals surface area contributed by atoms with Gasteiger partial charge in [-0.05, 0) is 49.9 Å². The number of carbonyl (C=O) groups excluding carboxylic acids is 1. The molecule has 1 aliphatic carbocycles. The topological polar surface area (TPSA) is 75.7 Å². The highest BCUT2D eigenvalue weighted by Gasteiger charge is 2.37. The van der Waals surface area contributed by atoms with E-state index in [4.69, 9.17) is 0 Å². The molecule has 1 unspecified atom stereocenters. The van der Waals surface area contributed by atoms with Crippen molar-refractivity contribution in [3.8, 4) is 5.75 Å². The first-order chi connectivity index (χ1) is 13.6. The van der Waals surface area contributed by atoms with Crippen molar-refractivity contribution in [2.45, 2.75) is 56.6 Å². The van der Waals surface area contributed by atoms with Gasteiger partial charge < -0.3 is 10.1 Å². The van der Waals surface area contributed by atoms with Crippen LogP contribution in [-0.4, -0.2) is 43.3 Å². The Hall–Kier alpha value is -1.81. The Labute approximate surface area is 168 Å². The minimum Gasteiger partial charge on any atom is -0.406 e. The van der Waals surface area contributed by atoms with E-state index in [0.717, 1.165) is 31.4 Å². The zero-order valence-electron chi connectivity index (χ0n) is 16.0. The lowest BCUT2D eigenvalue weighted by Crippen LogP contribution is -2.47. The summed E-state index contributed by atoms with van der Waals surface area (Å²) in [5.74, 6) is -1.20. The lowest BCUT2D eigenvalue weighted by molar-refractivity contribution is -0.274. The van der Waals surface area contributed by atoms with Crippen molar-refractivity contribution < 1.29 is 31.1 Å². The number of benzene rings is 1. The van der Waals surface area contributed by atoms with Crippen LogP contribution in [-0.2, 0) is 14.8 Å². The molecule has 1 aromatic carbocycles. The molecule has 1 heterocycles. The molecule has 0 radical (unpaired) electrons. The third-order valence-electron chi connectivity index (χ3n) is 5.44. The molecule has 1 saturated carbocycles. The minimum atomic E-state index is -4.78. The molecule has 0 spiro atoms. The van der Waals surface area contributed by atoms with Gasteiger partial charge in [-0.2, -0.15) is 0 Å². The first-order valence-electron chi connectivity index (χ1n) is 9.81. The molecule has 2 fully saturated rings. The second kappa shape index (κ2) is 8.91. The zero-order valence-corrected chi connectivity index (χ0v) is 16.8. The molecular formula is C19H25F3N2O4S. The van der Waals surface area contributed by atoms with Gasteiger partial charge in [0.1, 0.15) is 5.75 Å². The summed E-state index contributed by atoms with van der Waals surface area (Å²) in [7, 11) is -3.42. The number of amides is 1. The average Bonchev–Trinajstić information content (AvgIpc) is 2.69. The maximum atomic E-state index is 12.9. The molecule has 1 amide bonds. The van der Waals surface area contributed by atoms with Crippen LogP contribution in [0.1, 0.15) is 44.9 Å².